The van der Waals surface area contributed by atoms with Crippen molar-refractivity contribution >= 4 is 5.91 Å². The lowest BCUT2D eigenvalue weighted by Crippen LogP contribution is -2.34. The van der Waals surface area contributed by atoms with E-state index in [1.54, 1.807) is 25.0 Å². The second-order valence-electron chi connectivity index (χ2n) is 5.75. The van der Waals surface area contributed by atoms with E-state index < -0.39 is 11.7 Å². The SMILES string of the molecule is COC[C@@H](C)C(=O)N1CC[C@H](c2cccc(C(F)(F)F)c2)C1. The van der Waals surface area contributed by atoms with Gasteiger partial charge in [-0.05, 0) is 18.1 Å². The predicted molar refractivity (Wildman–Crippen MR) is 76.4 cm³/mol. The van der Waals surface area contributed by atoms with Crippen molar-refractivity contribution < 1.29 is 22.7 Å². The van der Waals surface area contributed by atoms with Gasteiger partial charge in [0.05, 0.1) is 18.1 Å². The van der Waals surface area contributed by atoms with Crippen LogP contribution in [0.25, 0.3) is 0 Å². The van der Waals surface area contributed by atoms with E-state index in [1.165, 1.54) is 12.1 Å². The number of alkyl halides is 3. The molecule has 0 bridgehead atoms. The van der Waals surface area contributed by atoms with Crippen molar-refractivity contribution in [3.63, 3.8) is 0 Å². The molecule has 0 saturated carbocycles. The van der Waals surface area contributed by atoms with Gasteiger partial charge in [-0.25, -0.2) is 0 Å². The van der Waals surface area contributed by atoms with E-state index in [4.69, 9.17) is 4.74 Å². The third-order valence-corrected chi connectivity index (χ3v) is 4.02. The molecule has 6 heteroatoms. The lowest BCUT2D eigenvalue weighted by Gasteiger charge is -2.21. The number of benzene rings is 1. The zero-order valence-electron chi connectivity index (χ0n) is 12.7. The van der Waals surface area contributed by atoms with Crippen LogP contribution < -0.4 is 0 Å². The molecule has 1 amide bonds. The van der Waals surface area contributed by atoms with Crippen molar-refractivity contribution in [3.05, 3.63) is 35.4 Å². The summed E-state index contributed by atoms with van der Waals surface area (Å²) in [6, 6.07) is 5.39. The fourth-order valence-electron chi connectivity index (χ4n) is 2.83. The summed E-state index contributed by atoms with van der Waals surface area (Å²) in [4.78, 5) is 13.9. The quantitative estimate of drug-likeness (QED) is 0.853. The Morgan fingerprint density at radius 2 is 2.18 bits per heavy atom. The second-order valence-corrected chi connectivity index (χ2v) is 5.75. The van der Waals surface area contributed by atoms with Crippen molar-refractivity contribution in [1.29, 1.82) is 0 Å². The summed E-state index contributed by atoms with van der Waals surface area (Å²) >= 11 is 0. The number of amides is 1. The molecule has 1 aliphatic rings. The molecule has 1 heterocycles. The minimum atomic E-state index is -4.34. The Kier molecular flexibility index (Phi) is 5.11. The lowest BCUT2D eigenvalue weighted by atomic mass is 9.96. The highest BCUT2D eigenvalue weighted by atomic mass is 19.4. The summed E-state index contributed by atoms with van der Waals surface area (Å²) in [5.74, 6) is -0.275. The number of rotatable bonds is 4. The summed E-state index contributed by atoms with van der Waals surface area (Å²) < 4.78 is 43.3. The average molecular weight is 315 g/mol. The second kappa shape index (κ2) is 6.69. The molecular formula is C16H20F3NO2. The van der Waals surface area contributed by atoms with Crippen LogP contribution in [0, 0.1) is 5.92 Å². The van der Waals surface area contributed by atoms with Gasteiger partial charge in [-0.3, -0.25) is 4.79 Å². The van der Waals surface area contributed by atoms with Gasteiger partial charge in [0.2, 0.25) is 5.91 Å². The Balaban J connectivity index is 2.06. The number of ether oxygens (including phenoxy) is 1. The molecule has 0 aromatic heterocycles. The number of hydrogen-bond acceptors (Lipinski definition) is 2. The minimum absolute atomic E-state index is 0.00340. The molecule has 3 nitrogen and oxygen atoms in total. The van der Waals surface area contributed by atoms with Crippen LogP contribution in [0.5, 0.6) is 0 Å². The maximum absolute atomic E-state index is 12.8. The number of carbonyl (C=O) groups is 1. The fourth-order valence-corrected chi connectivity index (χ4v) is 2.83. The first-order valence-corrected chi connectivity index (χ1v) is 7.27. The summed E-state index contributed by atoms with van der Waals surface area (Å²) in [7, 11) is 1.54. The van der Waals surface area contributed by atoms with Crippen molar-refractivity contribution in [1.82, 2.24) is 4.90 Å². The van der Waals surface area contributed by atoms with Crippen molar-refractivity contribution in [2.45, 2.75) is 25.4 Å². The summed E-state index contributed by atoms with van der Waals surface area (Å²) in [6.45, 7) is 3.19. The van der Waals surface area contributed by atoms with Gasteiger partial charge in [0.1, 0.15) is 0 Å². The van der Waals surface area contributed by atoms with Crippen LogP contribution in [-0.4, -0.2) is 37.6 Å². The Morgan fingerprint density at radius 1 is 1.45 bits per heavy atom. The maximum Gasteiger partial charge on any atom is 0.416 e. The first-order chi connectivity index (χ1) is 10.3. The zero-order chi connectivity index (χ0) is 16.3. The molecular weight excluding hydrogens is 295 g/mol. The molecule has 0 radical (unpaired) electrons. The number of methoxy groups -OCH3 is 1. The van der Waals surface area contributed by atoms with Crippen LogP contribution >= 0.6 is 0 Å². The topological polar surface area (TPSA) is 29.5 Å². The molecule has 1 aromatic rings. The monoisotopic (exact) mass is 315 g/mol. The Morgan fingerprint density at radius 3 is 2.82 bits per heavy atom. The highest BCUT2D eigenvalue weighted by Gasteiger charge is 2.33. The molecule has 122 valence electrons. The molecule has 0 aliphatic carbocycles. The van der Waals surface area contributed by atoms with Crippen LogP contribution in [0.4, 0.5) is 13.2 Å². The van der Waals surface area contributed by atoms with Gasteiger partial charge >= 0.3 is 6.18 Å². The standard InChI is InChI=1S/C16H20F3NO2/c1-11(10-22-2)15(21)20-7-6-13(9-20)12-4-3-5-14(8-12)16(17,18)19/h3-5,8,11,13H,6-7,9-10H2,1-2H3/t11-,13+/m1/s1. The number of hydrogen-bond donors (Lipinski definition) is 0. The van der Waals surface area contributed by atoms with Crippen LogP contribution in [0.2, 0.25) is 0 Å². The van der Waals surface area contributed by atoms with Gasteiger partial charge in [0.15, 0.2) is 0 Å². The van der Waals surface area contributed by atoms with Crippen LogP contribution in [0.15, 0.2) is 24.3 Å². The molecule has 2 rings (SSSR count). The summed E-state index contributed by atoms with van der Waals surface area (Å²) in [5, 5.41) is 0. The Labute approximate surface area is 128 Å². The van der Waals surface area contributed by atoms with E-state index in [-0.39, 0.29) is 17.7 Å². The third kappa shape index (κ3) is 3.80. The van der Waals surface area contributed by atoms with Crippen molar-refractivity contribution in [2.24, 2.45) is 5.92 Å². The van der Waals surface area contributed by atoms with Gasteiger partial charge in [0.25, 0.3) is 0 Å². The van der Waals surface area contributed by atoms with Gasteiger partial charge in [-0.1, -0.05) is 25.1 Å². The van der Waals surface area contributed by atoms with E-state index in [1.807, 2.05) is 0 Å². The summed E-state index contributed by atoms with van der Waals surface area (Å²) in [6.07, 6.45) is -3.65. The number of halogens is 3. The van der Waals surface area contributed by atoms with Gasteiger partial charge in [-0.2, -0.15) is 13.2 Å². The maximum atomic E-state index is 12.8. The van der Waals surface area contributed by atoms with Crippen molar-refractivity contribution in [2.75, 3.05) is 26.8 Å². The van der Waals surface area contributed by atoms with E-state index >= 15 is 0 Å². The first-order valence-electron chi connectivity index (χ1n) is 7.27. The highest BCUT2D eigenvalue weighted by Crippen LogP contribution is 2.34. The normalized spacial score (nSPS) is 20.2. The molecule has 1 fully saturated rings. The van der Waals surface area contributed by atoms with E-state index in [0.717, 1.165) is 6.07 Å². The van der Waals surface area contributed by atoms with Crippen LogP contribution in [0.3, 0.4) is 0 Å². The molecule has 0 spiro atoms. The molecule has 2 atom stereocenters. The fraction of sp³-hybridized carbons (Fsp3) is 0.562. The minimum Gasteiger partial charge on any atom is -0.384 e. The Hall–Kier alpha value is -1.56. The van der Waals surface area contributed by atoms with E-state index in [2.05, 4.69) is 0 Å². The van der Waals surface area contributed by atoms with Crippen LogP contribution in [0.1, 0.15) is 30.4 Å². The third-order valence-electron chi connectivity index (χ3n) is 4.02. The predicted octanol–water partition coefficient (Wildman–Crippen LogP) is 3.30. The number of nitrogens with zero attached hydrogens (tertiary/aromatic N) is 1. The van der Waals surface area contributed by atoms with Crippen molar-refractivity contribution in [3.8, 4) is 0 Å². The Bertz CT molecular complexity index is 530. The van der Waals surface area contributed by atoms with E-state index in [9.17, 15) is 18.0 Å². The van der Waals surface area contributed by atoms with Crippen LogP contribution in [-0.2, 0) is 15.7 Å². The smallest absolute Gasteiger partial charge is 0.384 e. The van der Waals surface area contributed by atoms with Gasteiger partial charge < -0.3 is 9.64 Å². The average Bonchev–Trinajstić information content (AvgIpc) is 2.95. The largest absolute Gasteiger partial charge is 0.416 e. The molecule has 22 heavy (non-hydrogen) atoms. The molecule has 1 aromatic carbocycles. The number of carbonyl (C=O) groups excluding carboxylic acids is 1. The molecule has 1 saturated heterocycles. The van der Waals surface area contributed by atoms with Gasteiger partial charge in [0, 0.05) is 26.1 Å². The first kappa shape index (κ1) is 16.8. The number of likely N-dealkylation sites (tertiary alicyclic amines) is 1. The molecule has 0 N–H and O–H groups in total. The lowest BCUT2D eigenvalue weighted by molar-refractivity contribution is -0.138. The van der Waals surface area contributed by atoms with E-state index in [0.29, 0.717) is 31.7 Å². The summed E-state index contributed by atoms with van der Waals surface area (Å²) in [5.41, 5.74) is 0.00653. The molecule has 0 unspecified atom stereocenters. The van der Waals surface area contributed by atoms with Gasteiger partial charge in [-0.15, -0.1) is 0 Å². The zero-order valence-corrected chi connectivity index (χ0v) is 12.7. The highest BCUT2D eigenvalue weighted by molar-refractivity contribution is 5.79. The molecule has 1 aliphatic heterocycles.